The number of anilines is 1. The number of aromatic nitrogens is 2. The molecule has 1 fully saturated rings. The van der Waals surface area contributed by atoms with Crippen LogP contribution in [0.4, 0.5) is 5.69 Å². The molecule has 1 aromatic heterocycles. The fraction of sp³-hybridized carbons (Fsp3) is 0.360. The minimum Gasteiger partial charge on any atom is -0.484 e. The van der Waals surface area contributed by atoms with Crippen molar-refractivity contribution in [2.45, 2.75) is 39.0 Å². The Balaban J connectivity index is 1.38. The summed E-state index contributed by atoms with van der Waals surface area (Å²) >= 11 is 0. The number of likely N-dealkylation sites (tertiary alicyclic amines) is 1. The Morgan fingerprint density at radius 3 is 2.88 bits per heavy atom. The molecule has 33 heavy (non-hydrogen) atoms. The van der Waals surface area contributed by atoms with Gasteiger partial charge >= 0.3 is 0 Å². The molecule has 1 N–H and O–H groups in total. The molecule has 4 rings (SSSR count). The van der Waals surface area contributed by atoms with Gasteiger partial charge in [-0.05, 0) is 49.6 Å². The number of carbonyl (C=O) groups excluding carboxylic acids is 2. The van der Waals surface area contributed by atoms with Gasteiger partial charge in [-0.1, -0.05) is 36.3 Å². The van der Waals surface area contributed by atoms with E-state index in [4.69, 9.17) is 9.26 Å². The van der Waals surface area contributed by atoms with Gasteiger partial charge < -0.3 is 19.5 Å². The Bertz CT molecular complexity index is 1130. The highest BCUT2D eigenvalue weighted by Crippen LogP contribution is 2.28. The fourth-order valence-corrected chi connectivity index (χ4v) is 3.85. The second-order valence-corrected chi connectivity index (χ2v) is 8.22. The summed E-state index contributed by atoms with van der Waals surface area (Å²) in [6.07, 6.45) is 2.14. The summed E-state index contributed by atoms with van der Waals surface area (Å²) in [5.41, 5.74) is 2.53. The van der Waals surface area contributed by atoms with Crippen LogP contribution in [0.15, 0.2) is 53.1 Å². The summed E-state index contributed by atoms with van der Waals surface area (Å²) < 4.78 is 11.2. The van der Waals surface area contributed by atoms with Crippen LogP contribution in [0.5, 0.6) is 5.75 Å². The van der Waals surface area contributed by atoms with Crippen LogP contribution in [0.25, 0.3) is 11.4 Å². The highest BCUT2D eigenvalue weighted by atomic mass is 16.5. The minimum absolute atomic E-state index is 0.00152. The summed E-state index contributed by atoms with van der Waals surface area (Å²) in [6.45, 7) is 5.00. The standard InChI is InChI=1S/C25H28N4O4/c1-3-22(30)26-20-10-5-8-18(14-20)24-27-25(33-28-24)19-9-6-12-29(15-19)23(31)16-32-21-11-4-7-17(2)13-21/h4-5,7-8,10-11,13-14,19H,3,6,9,12,15-16H2,1-2H3,(H,26,30)/t19-/m0/s1. The third-order valence-electron chi connectivity index (χ3n) is 5.64. The fourth-order valence-electron chi connectivity index (χ4n) is 3.85. The molecule has 172 valence electrons. The molecule has 8 nitrogen and oxygen atoms in total. The van der Waals surface area contributed by atoms with Crippen LogP contribution in [0.1, 0.15) is 43.6 Å². The summed E-state index contributed by atoms with van der Waals surface area (Å²) in [5, 5.41) is 6.97. The lowest BCUT2D eigenvalue weighted by molar-refractivity contribution is -0.134. The van der Waals surface area contributed by atoms with Crippen molar-refractivity contribution >= 4 is 17.5 Å². The van der Waals surface area contributed by atoms with Gasteiger partial charge in [-0.3, -0.25) is 9.59 Å². The van der Waals surface area contributed by atoms with Crippen molar-refractivity contribution in [1.82, 2.24) is 15.0 Å². The Labute approximate surface area is 192 Å². The number of carbonyl (C=O) groups is 2. The first kappa shape index (κ1) is 22.5. The SMILES string of the molecule is CCC(=O)Nc1cccc(-c2noc([C@H]3CCCN(C(=O)COc4cccc(C)c4)C3)n2)c1. The molecular formula is C25H28N4O4. The van der Waals surface area contributed by atoms with Crippen LogP contribution < -0.4 is 10.1 Å². The van der Waals surface area contributed by atoms with Crippen molar-refractivity contribution in [3.05, 3.63) is 60.0 Å². The molecule has 8 heteroatoms. The number of nitrogens with zero attached hydrogens (tertiary/aromatic N) is 3. The van der Waals surface area contributed by atoms with Crippen LogP contribution in [0.3, 0.4) is 0 Å². The van der Waals surface area contributed by atoms with E-state index in [1.54, 1.807) is 11.8 Å². The number of hydrogen-bond donors (Lipinski definition) is 1. The van der Waals surface area contributed by atoms with Crippen molar-refractivity contribution < 1.29 is 18.8 Å². The zero-order valence-corrected chi connectivity index (χ0v) is 18.9. The lowest BCUT2D eigenvalue weighted by Crippen LogP contribution is -2.41. The highest BCUT2D eigenvalue weighted by molar-refractivity contribution is 5.91. The lowest BCUT2D eigenvalue weighted by atomic mass is 9.98. The van der Waals surface area contributed by atoms with Crippen LogP contribution in [-0.2, 0) is 9.59 Å². The summed E-state index contributed by atoms with van der Waals surface area (Å²) in [5.74, 6) is 1.54. The van der Waals surface area contributed by atoms with E-state index in [1.165, 1.54) is 0 Å². The van der Waals surface area contributed by atoms with Gasteiger partial charge in [-0.25, -0.2) is 0 Å². The van der Waals surface area contributed by atoms with E-state index in [0.717, 1.165) is 24.0 Å². The lowest BCUT2D eigenvalue weighted by Gasteiger charge is -2.31. The van der Waals surface area contributed by atoms with E-state index in [9.17, 15) is 9.59 Å². The Morgan fingerprint density at radius 2 is 2.06 bits per heavy atom. The van der Waals surface area contributed by atoms with E-state index >= 15 is 0 Å². The third kappa shape index (κ3) is 5.77. The average Bonchev–Trinajstić information content (AvgIpc) is 3.33. The smallest absolute Gasteiger partial charge is 0.260 e. The molecule has 2 aromatic carbocycles. The number of piperidine rings is 1. The first-order chi connectivity index (χ1) is 16.0. The van der Waals surface area contributed by atoms with Gasteiger partial charge in [0.2, 0.25) is 17.6 Å². The zero-order valence-electron chi connectivity index (χ0n) is 18.9. The van der Waals surface area contributed by atoms with Gasteiger partial charge in [0.1, 0.15) is 5.75 Å². The van der Waals surface area contributed by atoms with Crippen LogP contribution >= 0.6 is 0 Å². The van der Waals surface area contributed by atoms with E-state index in [1.807, 2.05) is 55.5 Å². The molecule has 1 atom stereocenters. The molecule has 2 amide bonds. The second kappa shape index (κ2) is 10.3. The van der Waals surface area contributed by atoms with Gasteiger partial charge in [0.25, 0.3) is 5.91 Å². The van der Waals surface area contributed by atoms with E-state index in [2.05, 4.69) is 15.5 Å². The van der Waals surface area contributed by atoms with Crippen LogP contribution in [-0.4, -0.2) is 46.6 Å². The topological polar surface area (TPSA) is 97.6 Å². The molecule has 0 spiro atoms. The second-order valence-electron chi connectivity index (χ2n) is 8.22. The maximum absolute atomic E-state index is 12.7. The van der Waals surface area contributed by atoms with Gasteiger partial charge in [0, 0.05) is 30.8 Å². The summed E-state index contributed by atoms with van der Waals surface area (Å²) in [4.78, 5) is 30.8. The molecule has 3 aromatic rings. The third-order valence-corrected chi connectivity index (χ3v) is 5.64. The molecule has 2 heterocycles. The monoisotopic (exact) mass is 448 g/mol. The number of hydrogen-bond acceptors (Lipinski definition) is 6. The zero-order chi connectivity index (χ0) is 23.2. The minimum atomic E-state index is -0.0562. The quantitative estimate of drug-likeness (QED) is 0.582. The maximum atomic E-state index is 12.7. The predicted octanol–water partition coefficient (Wildman–Crippen LogP) is 4.18. The number of amides is 2. The van der Waals surface area contributed by atoms with Crippen LogP contribution in [0, 0.1) is 6.92 Å². The normalized spacial score (nSPS) is 15.8. The molecule has 0 radical (unpaired) electrons. The van der Waals surface area contributed by atoms with Crippen molar-refractivity contribution in [3.8, 4) is 17.1 Å². The summed E-state index contributed by atoms with van der Waals surface area (Å²) in [7, 11) is 0. The Kier molecular flexibility index (Phi) is 7.02. The number of rotatable bonds is 7. The van der Waals surface area contributed by atoms with E-state index in [0.29, 0.717) is 42.7 Å². The molecule has 1 aliphatic heterocycles. The molecular weight excluding hydrogens is 420 g/mol. The van der Waals surface area contributed by atoms with Gasteiger partial charge in [0.05, 0.1) is 5.92 Å². The van der Waals surface area contributed by atoms with Crippen molar-refractivity contribution in [2.75, 3.05) is 25.0 Å². The number of ether oxygens (including phenoxy) is 1. The molecule has 1 aliphatic rings. The summed E-state index contributed by atoms with van der Waals surface area (Å²) in [6, 6.07) is 15.0. The van der Waals surface area contributed by atoms with Crippen molar-refractivity contribution in [3.63, 3.8) is 0 Å². The molecule has 0 aliphatic carbocycles. The molecule has 0 bridgehead atoms. The van der Waals surface area contributed by atoms with Crippen LogP contribution in [0.2, 0.25) is 0 Å². The molecule has 0 saturated carbocycles. The largest absolute Gasteiger partial charge is 0.484 e. The molecule has 1 saturated heterocycles. The average molecular weight is 449 g/mol. The Morgan fingerprint density at radius 1 is 1.21 bits per heavy atom. The number of benzene rings is 2. The first-order valence-corrected chi connectivity index (χ1v) is 11.2. The van der Waals surface area contributed by atoms with Crippen molar-refractivity contribution in [2.24, 2.45) is 0 Å². The van der Waals surface area contributed by atoms with Gasteiger partial charge in [0.15, 0.2) is 6.61 Å². The van der Waals surface area contributed by atoms with Gasteiger partial charge in [-0.15, -0.1) is 0 Å². The predicted molar refractivity (Wildman–Crippen MR) is 124 cm³/mol. The Hall–Kier alpha value is -3.68. The van der Waals surface area contributed by atoms with Gasteiger partial charge in [-0.2, -0.15) is 4.98 Å². The van der Waals surface area contributed by atoms with Crippen molar-refractivity contribution in [1.29, 1.82) is 0 Å². The maximum Gasteiger partial charge on any atom is 0.260 e. The first-order valence-electron chi connectivity index (χ1n) is 11.2. The van der Waals surface area contributed by atoms with E-state index < -0.39 is 0 Å². The number of aryl methyl sites for hydroxylation is 1. The molecule has 0 unspecified atom stereocenters. The highest BCUT2D eigenvalue weighted by Gasteiger charge is 2.29. The van der Waals surface area contributed by atoms with E-state index in [-0.39, 0.29) is 24.3 Å². The number of nitrogens with one attached hydrogen (secondary N) is 1.